The molecule has 4 aromatic rings. The van der Waals surface area contributed by atoms with Gasteiger partial charge in [0, 0.05) is 17.0 Å². The number of hydrogen-bond donors (Lipinski definition) is 1. The average Bonchev–Trinajstić information content (AvgIpc) is 3.25. The molecule has 148 valence electrons. The van der Waals surface area contributed by atoms with E-state index >= 15 is 0 Å². The smallest absolute Gasteiger partial charge is 0.141 e. The molecule has 1 unspecified atom stereocenters. The summed E-state index contributed by atoms with van der Waals surface area (Å²) in [6.45, 7) is 4.76. The highest BCUT2D eigenvalue weighted by molar-refractivity contribution is 5.93. The highest BCUT2D eigenvalue weighted by Crippen LogP contribution is 2.33. The molecule has 2 N–H and O–H groups in total. The molecule has 0 bridgehead atoms. The first-order chi connectivity index (χ1) is 14.2. The van der Waals surface area contributed by atoms with Crippen LogP contribution in [0.2, 0.25) is 0 Å². The third-order valence-corrected chi connectivity index (χ3v) is 5.42. The lowest BCUT2D eigenvalue weighted by atomic mass is 9.96. The van der Waals surface area contributed by atoms with Crippen molar-refractivity contribution in [2.45, 2.75) is 39.3 Å². The molecule has 0 aliphatic rings. The first-order valence-electron chi connectivity index (χ1n) is 10.3. The molecular formula is C26H27NO2. The van der Waals surface area contributed by atoms with Crippen molar-refractivity contribution in [3.05, 3.63) is 89.7 Å². The minimum absolute atomic E-state index is 0.0408. The summed E-state index contributed by atoms with van der Waals surface area (Å²) < 4.78 is 12.0. The predicted molar refractivity (Wildman–Crippen MR) is 119 cm³/mol. The van der Waals surface area contributed by atoms with Crippen LogP contribution in [0.1, 0.15) is 43.0 Å². The molecule has 0 aliphatic heterocycles. The molecule has 1 atom stereocenters. The molecule has 29 heavy (non-hydrogen) atoms. The summed E-state index contributed by atoms with van der Waals surface area (Å²) in [6.07, 6.45) is 3.60. The Morgan fingerprint density at radius 2 is 1.83 bits per heavy atom. The van der Waals surface area contributed by atoms with E-state index in [0.717, 1.165) is 51.8 Å². The summed E-state index contributed by atoms with van der Waals surface area (Å²) in [5.74, 6) is 0.944. The molecule has 0 saturated heterocycles. The summed E-state index contributed by atoms with van der Waals surface area (Å²) in [7, 11) is 0. The Labute approximate surface area is 172 Å². The van der Waals surface area contributed by atoms with Gasteiger partial charge in [0.25, 0.3) is 0 Å². The Morgan fingerprint density at radius 1 is 0.966 bits per heavy atom. The molecule has 1 aromatic heterocycles. The number of nitrogens with two attached hydrogens (primary N) is 1. The SMILES string of the molecule is CCc1ccccc1OCc1cc(-c2cccc(C(N)CC)c2)c2occc2c1. The van der Waals surface area contributed by atoms with E-state index in [0.29, 0.717) is 6.61 Å². The number of benzene rings is 3. The van der Waals surface area contributed by atoms with Gasteiger partial charge < -0.3 is 14.9 Å². The fourth-order valence-electron chi connectivity index (χ4n) is 3.71. The number of rotatable bonds is 7. The van der Waals surface area contributed by atoms with E-state index in [1.807, 2.05) is 18.2 Å². The van der Waals surface area contributed by atoms with Crippen LogP contribution in [0.4, 0.5) is 0 Å². The van der Waals surface area contributed by atoms with Crippen molar-refractivity contribution in [3.8, 4) is 16.9 Å². The number of fused-ring (bicyclic) bond motifs is 1. The Kier molecular flexibility index (Phi) is 5.68. The zero-order valence-electron chi connectivity index (χ0n) is 17.0. The van der Waals surface area contributed by atoms with E-state index < -0.39 is 0 Å². The standard InChI is InChI=1S/C26H27NO2/c1-3-19-8-5-6-11-25(19)29-17-18-14-22-12-13-28-26(22)23(15-18)20-9-7-10-21(16-20)24(27)4-2/h5-16,24H,3-4,17,27H2,1-2H3. The first-order valence-corrected chi connectivity index (χ1v) is 10.3. The molecule has 0 spiro atoms. The number of aryl methyl sites for hydroxylation is 1. The van der Waals surface area contributed by atoms with Crippen LogP contribution in [-0.2, 0) is 13.0 Å². The largest absolute Gasteiger partial charge is 0.489 e. The van der Waals surface area contributed by atoms with Gasteiger partial charge in [0.15, 0.2) is 0 Å². The van der Waals surface area contributed by atoms with Crippen molar-refractivity contribution >= 4 is 11.0 Å². The Bertz CT molecular complexity index is 1110. The normalized spacial score (nSPS) is 12.2. The molecule has 0 amide bonds. The van der Waals surface area contributed by atoms with Crippen molar-refractivity contribution in [3.63, 3.8) is 0 Å². The molecule has 4 rings (SSSR count). The van der Waals surface area contributed by atoms with E-state index in [2.05, 4.69) is 62.4 Å². The van der Waals surface area contributed by atoms with Gasteiger partial charge in [-0.1, -0.05) is 50.2 Å². The molecule has 0 aliphatic carbocycles. The molecule has 3 aromatic carbocycles. The Hall–Kier alpha value is -3.04. The minimum atomic E-state index is 0.0408. The van der Waals surface area contributed by atoms with Crippen LogP contribution in [0, 0.1) is 0 Å². The van der Waals surface area contributed by atoms with Crippen molar-refractivity contribution in [1.82, 2.24) is 0 Å². The zero-order chi connectivity index (χ0) is 20.2. The van der Waals surface area contributed by atoms with Crippen LogP contribution < -0.4 is 10.5 Å². The van der Waals surface area contributed by atoms with Crippen molar-refractivity contribution in [2.24, 2.45) is 5.73 Å². The van der Waals surface area contributed by atoms with Gasteiger partial charge in [-0.3, -0.25) is 0 Å². The summed E-state index contributed by atoms with van der Waals surface area (Å²) in [5, 5.41) is 1.08. The lowest BCUT2D eigenvalue weighted by Crippen LogP contribution is -2.08. The van der Waals surface area contributed by atoms with E-state index in [9.17, 15) is 0 Å². The van der Waals surface area contributed by atoms with E-state index in [1.165, 1.54) is 5.56 Å². The molecule has 0 saturated carbocycles. The van der Waals surface area contributed by atoms with Crippen LogP contribution in [0.15, 0.2) is 77.4 Å². The van der Waals surface area contributed by atoms with Gasteiger partial charge in [-0.2, -0.15) is 0 Å². The highest BCUT2D eigenvalue weighted by Gasteiger charge is 2.12. The molecule has 0 fully saturated rings. The molecule has 1 heterocycles. The lowest BCUT2D eigenvalue weighted by Gasteiger charge is -2.13. The predicted octanol–water partition coefficient (Wildman–Crippen LogP) is 6.65. The minimum Gasteiger partial charge on any atom is -0.489 e. The molecular weight excluding hydrogens is 358 g/mol. The maximum Gasteiger partial charge on any atom is 0.141 e. The van der Waals surface area contributed by atoms with Crippen LogP contribution in [0.25, 0.3) is 22.1 Å². The second kappa shape index (κ2) is 8.54. The molecule has 3 nitrogen and oxygen atoms in total. The maximum absolute atomic E-state index is 6.26. The fraction of sp³-hybridized carbons (Fsp3) is 0.231. The van der Waals surface area contributed by atoms with Gasteiger partial charge >= 0.3 is 0 Å². The highest BCUT2D eigenvalue weighted by atomic mass is 16.5. The van der Waals surface area contributed by atoms with Crippen LogP contribution in [0.3, 0.4) is 0 Å². The Balaban J connectivity index is 1.69. The number of hydrogen-bond acceptors (Lipinski definition) is 3. The van der Waals surface area contributed by atoms with Crippen LogP contribution in [-0.4, -0.2) is 0 Å². The van der Waals surface area contributed by atoms with Gasteiger partial charge in [0.05, 0.1) is 6.26 Å². The van der Waals surface area contributed by atoms with E-state index in [4.69, 9.17) is 14.9 Å². The van der Waals surface area contributed by atoms with Gasteiger partial charge in [-0.25, -0.2) is 0 Å². The van der Waals surface area contributed by atoms with Gasteiger partial charge in [-0.15, -0.1) is 0 Å². The lowest BCUT2D eigenvalue weighted by molar-refractivity contribution is 0.303. The third kappa shape index (κ3) is 4.06. The second-order valence-electron chi connectivity index (χ2n) is 7.37. The summed E-state index contributed by atoms with van der Waals surface area (Å²) in [4.78, 5) is 0. The summed E-state index contributed by atoms with van der Waals surface area (Å²) >= 11 is 0. The van der Waals surface area contributed by atoms with Gasteiger partial charge in [-0.05, 0) is 65.4 Å². The Morgan fingerprint density at radius 3 is 2.66 bits per heavy atom. The summed E-state index contributed by atoms with van der Waals surface area (Å²) in [6, 6.07) is 23.0. The fourth-order valence-corrected chi connectivity index (χ4v) is 3.71. The maximum atomic E-state index is 6.26. The topological polar surface area (TPSA) is 48.4 Å². The quantitative estimate of drug-likeness (QED) is 0.387. The molecule has 0 radical (unpaired) electrons. The number of ether oxygens (including phenoxy) is 1. The van der Waals surface area contributed by atoms with Gasteiger partial charge in [0.2, 0.25) is 0 Å². The monoisotopic (exact) mass is 385 g/mol. The first kappa shape index (κ1) is 19.3. The van der Waals surface area contributed by atoms with Gasteiger partial charge in [0.1, 0.15) is 17.9 Å². The van der Waals surface area contributed by atoms with Crippen molar-refractivity contribution in [1.29, 1.82) is 0 Å². The van der Waals surface area contributed by atoms with Crippen molar-refractivity contribution < 1.29 is 9.15 Å². The number of furan rings is 1. The third-order valence-electron chi connectivity index (χ3n) is 5.42. The van der Waals surface area contributed by atoms with E-state index in [1.54, 1.807) is 6.26 Å². The van der Waals surface area contributed by atoms with Crippen LogP contribution >= 0.6 is 0 Å². The second-order valence-corrected chi connectivity index (χ2v) is 7.37. The number of para-hydroxylation sites is 1. The van der Waals surface area contributed by atoms with Crippen LogP contribution in [0.5, 0.6) is 5.75 Å². The van der Waals surface area contributed by atoms with Crippen molar-refractivity contribution in [2.75, 3.05) is 0 Å². The summed E-state index contributed by atoms with van der Waals surface area (Å²) in [5.41, 5.74) is 12.8. The van der Waals surface area contributed by atoms with E-state index in [-0.39, 0.29) is 6.04 Å². The average molecular weight is 386 g/mol. The zero-order valence-corrected chi connectivity index (χ0v) is 17.0. The molecule has 3 heteroatoms.